The summed E-state index contributed by atoms with van der Waals surface area (Å²) in [6.07, 6.45) is 2.32. The summed E-state index contributed by atoms with van der Waals surface area (Å²) in [6, 6.07) is 5.93. The van der Waals surface area contributed by atoms with Crippen molar-refractivity contribution in [2.45, 2.75) is 25.8 Å². The van der Waals surface area contributed by atoms with Crippen molar-refractivity contribution >= 4 is 11.8 Å². The maximum Gasteiger partial charge on any atom is 0.311 e. The third kappa shape index (κ3) is 5.33. The van der Waals surface area contributed by atoms with E-state index in [1.807, 2.05) is 18.2 Å². The second-order valence-corrected chi connectivity index (χ2v) is 6.80. The Morgan fingerprint density at radius 2 is 1.81 bits per heavy atom. The third-order valence-corrected chi connectivity index (χ3v) is 4.82. The van der Waals surface area contributed by atoms with Crippen LogP contribution in [0.25, 0.3) is 0 Å². The molecule has 0 bridgehead atoms. The number of nitrogens with zero attached hydrogens (tertiary/aromatic N) is 2. The van der Waals surface area contributed by atoms with Gasteiger partial charge in [-0.05, 0) is 37.0 Å². The van der Waals surface area contributed by atoms with E-state index in [-0.39, 0.29) is 13.4 Å². The lowest BCUT2D eigenvalue weighted by atomic mass is 10.1. The molecule has 2 amide bonds. The molecule has 2 aliphatic rings. The van der Waals surface area contributed by atoms with Gasteiger partial charge in [0.05, 0.1) is 0 Å². The summed E-state index contributed by atoms with van der Waals surface area (Å²) in [6.45, 7) is 4.20. The van der Waals surface area contributed by atoms with Crippen molar-refractivity contribution in [3.8, 4) is 11.5 Å². The van der Waals surface area contributed by atoms with Gasteiger partial charge in [-0.25, -0.2) is 0 Å². The predicted octanol–water partition coefficient (Wildman–Crippen LogP) is 0.338. The van der Waals surface area contributed by atoms with Gasteiger partial charge in [-0.1, -0.05) is 6.07 Å². The van der Waals surface area contributed by atoms with E-state index in [1.54, 1.807) is 4.90 Å². The van der Waals surface area contributed by atoms with Crippen LogP contribution in [0.15, 0.2) is 18.2 Å². The van der Waals surface area contributed by atoms with E-state index in [0.717, 1.165) is 56.0 Å². The fourth-order valence-corrected chi connectivity index (χ4v) is 3.24. The quantitative estimate of drug-likeness (QED) is 0.526. The van der Waals surface area contributed by atoms with Crippen molar-refractivity contribution in [2.75, 3.05) is 46.1 Å². The molecule has 0 saturated carbocycles. The lowest BCUT2D eigenvalue weighted by Gasteiger charge is -2.34. The average molecular weight is 377 g/mol. The number of piperazine rings is 1. The van der Waals surface area contributed by atoms with Gasteiger partial charge in [0.25, 0.3) is 0 Å². The van der Waals surface area contributed by atoms with E-state index in [1.165, 1.54) is 0 Å². The maximum absolute atomic E-state index is 12.2. The van der Waals surface area contributed by atoms with Crippen LogP contribution < -0.4 is 14.8 Å². The Hall–Kier alpha value is -2.32. The summed E-state index contributed by atoms with van der Waals surface area (Å²) in [5.41, 5.74) is 1.14. The third-order valence-electron chi connectivity index (χ3n) is 4.82. The molecule has 0 spiro atoms. The van der Waals surface area contributed by atoms with Gasteiger partial charge in [0.15, 0.2) is 11.5 Å². The largest absolute Gasteiger partial charge is 0.454 e. The number of aliphatic hydroxyl groups is 1. The zero-order chi connectivity index (χ0) is 19.1. The van der Waals surface area contributed by atoms with E-state index < -0.39 is 11.8 Å². The molecule has 148 valence electrons. The number of amides is 2. The normalized spacial score (nSPS) is 16.4. The molecule has 1 aromatic rings. The van der Waals surface area contributed by atoms with E-state index in [2.05, 4.69) is 10.2 Å². The standard InChI is InChI=1S/C19H27N3O5/c23-11-3-1-2-6-20-18(24)19(25)22-9-7-21(8-10-22)13-15-4-5-16-17(12-15)27-14-26-16/h4-5,12,23H,1-3,6-11,13-14H2,(H,20,24). The number of carbonyl (C=O) groups excluding carboxylic acids is 2. The Kier molecular flexibility index (Phi) is 6.89. The fourth-order valence-electron chi connectivity index (χ4n) is 3.24. The van der Waals surface area contributed by atoms with Crippen LogP contribution in [-0.4, -0.2) is 72.8 Å². The smallest absolute Gasteiger partial charge is 0.311 e. The first kappa shape index (κ1) is 19.4. The second kappa shape index (κ2) is 9.57. The summed E-state index contributed by atoms with van der Waals surface area (Å²) in [5.74, 6) is 0.552. The molecule has 0 radical (unpaired) electrons. The fraction of sp³-hybridized carbons (Fsp3) is 0.579. The molecular weight excluding hydrogens is 350 g/mol. The number of hydrogen-bond donors (Lipinski definition) is 2. The Labute approximate surface area is 159 Å². The first-order chi connectivity index (χ1) is 13.2. The van der Waals surface area contributed by atoms with Gasteiger partial charge < -0.3 is 24.8 Å². The molecule has 0 aromatic heterocycles. The van der Waals surface area contributed by atoms with Gasteiger partial charge in [-0.2, -0.15) is 0 Å². The molecule has 2 N–H and O–H groups in total. The zero-order valence-corrected chi connectivity index (χ0v) is 15.5. The van der Waals surface area contributed by atoms with Crippen molar-refractivity contribution in [3.63, 3.8) is 0 Å². The number of fused-ring (bicyclic) bond motifs is 1. The van der Waals surface area contributed by atoms with E-state index in [0.29, 0.717) is 19.6 Å². The lowest BCUT2D eigenvalue weighted by molar-refractivity contribution is -0.147. The summed E-state index contributed by atoms with van der Waals surface area (Å²) in [7, 11) is 0. The summed E-state index contributed by atoms with van der Waals surface area (Å²) in [5, 5.41) is 11.4. The molecule has 0 aliphatic carbocycles. The monoisotopic (exact) mass is 377 g/mol. The molecule has 8 heteroatoms. The molecule has 0 unspecified atom stereocenters. The van der Waals surface area contributed by atoms with Crippen LogP contribution in [0.4, 0.5) is 0 Å². The topological polar surface area (TPSA) is 91.3 Å². The lowest BCUT2D eigenvalue weighted by Crippen LogP contribution is -2.52. The first-order valence-corrected chi connectivity index (χ1v) is 9.46. The van der Waals surface area contributed by atoms with E-state index >= 15 is 0 Å². The van der Waals surface area contributed by atoms with Crippen LogP contribution >= 0.6 is 0 Å². The van der Waals surface area contributed by atoms with Crippen LogP contribution in [-0.2, 0) is 16.1 Å². The zero-order valence-electron chi connectivity index (χ0n) is 15.5. The van der Waals surface area contributed by atoms with Crippen molar-refractivity contribution in [3.05, 3.63) is 23.8 Å². The average Bonchev–Trinajstić information content (AvgIpc) is 3.15. The number of nitrogens with one attached hydrogen (secondary N) is 1. The molecular formula is C19H27N3O5. The number of hydrogen-bond acceptors (Lipinski definition) is 6. The van der Waals surface area contributed by atoms with E-state index in [4.69, 9.17) is 14.6 Å². The molecule has 3 rings (SSSR count). The molecule has 1 fully saturated rings. The minimum Gasteiger partial charge on any atom is -0.454 e. The highest BCUT2D eigenvalue weighted by molar-refractivity contribution is 6.35. The number of ether oxygens (including phenoxy) is 2. The number of rotatable bonds is 7. The molecule has 2 heterocycles. The van der Waals surface area contributed by atoms with Crippen LogP contribution in [0, 0.1) is 0 Å². The van der Waals surface area contributed by atoms with Crippen LogP contribution in [0.2, 0.25) is 0 Å². The minimum absolute atomic E-state index is 0.156. The number of benzene rings is 1. The highest BCUT2D eigenvalue weighted by atomic mass is 16.7. The van der Waals surface area contributed by atoms with Crippen LogP contribution in [0.1, 0.15) is 24.8 Å². The second-order valence-electron chi connectivity index (χ2n) is 6.80. The summed E-state index contributed by atoms with van der Waals surface area (Å²) >= 11 is 0. The Morgan fingerprint density at radius 3 is 2.59 bits per heavy atom. The van der Waals surface area contributed by atoms with Gasteiger partial charge in [0.2, 0.25) is 6.79 Å². The SMILES string of the molecule is O=C(NCCCCCO)C(=O)N1CCN(Cc2ccc3c(c2)OCO3)CC1. The van der Waals surface area contributed by atoms with Crippen molar-refractivity contribution in [1.82, 2.24) is 15.1 Å². The Balaban J connectivity index is 1.39. The Bertz CT molecular complexity index is 659. The number of carbonyl (C=O) groups is 2. The van der Waals surface area contributed by atoms with Crippen LogP contribution in [0.3, 0.4) is 0 Å². The highest BCUT2D eigenvalue weighted by Crippen LogP contribution is 2.32. The van der Waals surface area contributed by atoms with Crippen molar-refractivity contribution < 1.29 is 24.2 Å². The molecule has 1 saturated heterocycles. The Morgan fingerprint density at radius 1 is 1.04 bits per heavy atom. The van der Waals surface area contributed by atoms with Crippen LogP contribution in [0.5, 0.6) is 11.5 Å². The van der Waals surface area contributed by atoms with Crippen molar-refractivity contribution in [2.24, 2.45) is 0 Å². The molecule has 27 heavy (non-hydrogen) atoms. The molecule has 8 nitrogen and oxygen atoms in total. The minimum atomic E-state index is -0.539. The first-order valence-electron chi connectivity index (χ1n) is 9.46. The van der Waals surface area contributed by atoms with Gasteiger partial charge in [-0.3, -0.25) is 14.5 Å². The molecule has 0 atom stereocenters. The molecule has 1 aromatic carbocycles. The van der Waals surface area contributed by atoms with Gasteiger partial charge in [0.1, 0.15) is 0 Å². The highest BCUT2D eigenvalue weighted by Gasteiger charge is 2.26. The molecule has 2 aliphatic heterocycles. The summed E-state index contributed by atoms with van der Waals surface area (Å²) in [4.78, 5) is 28.1. The van der Waals surface area contributed by atoms with Crippen molar-refractivity contribution in [1.29, 1.82) is 0 Å². The summed E-state index contributed by atoms with van der Waals surface area (Å²) < 4.78 is 10.7. The maximum atomic E-state index is 12.2. The van der Waals surface area contributed by atoms with Gasteiger partial charge in [0, 0.05) is 45.9 Å². The van der Waals surface area contributed by atoms with E-state index in [9.17, 15) is 9.59 Å². The number of unbranched alkanes of at least 4 members (excludes halogenated alkanes) is 2. The predicted molar refractivity (Wildman–Crippen MR) is 98.4 cm³/mol. The number of aliphatic hydroxyl groups excluding tert-OH is 1. The van der Waals surface area contributed by atoms with Gasteiger partial charge in [-0.15, -0.1) is 0 Å². The van der Waals surface area contributed by atoms with Gasteiger partial charge >= 0.3 is 11.8 Å².